The van der Waals surface area contributed by atoms with Gasteiger partial charge in [0, 0.05) is 32.6 Å². The normalized spacial score (nSPS) is 21.8. The van der Waals surface area contributed by atoms with Crippen LogP contribution in [0.1, 0.15) is 115 Å². The Bertz CT molecular complexity index is 1400. The van der Waals surface area contributed by atoms with E-state index in [0.29, 0.717) is 45.7 Å². The summed E-state index contributed by atoms with van der Waals surface area (Å²) in [6, 6.07) is 4.51. The van der Waals surface area contributed by atoms with Crippen molar-refractivity contribution in [3.05, 3.63) is 35.4 Å². The lowest BCUT2D eigenvalue weighted by Gasteiger charge is -2.38. The largest absolute Gasteiger partial charge is 0.378 e. The summed E-state index contributed by atoms with van der Waals surface area (Å²) in [4.78, 5) is 73.8. The van der Waals surface area contributed by atoms with Crippen molar-refractivity contribution in [1.82, 2.24) is 31.1 Å². The zero-order valence-corrected chi connectivity index (χ0v) is 32.5. The van der Waals surface area contributed by atoms with Crippen LogP contribution in [0.2, 0.25) is 0 Å². The van der Waals surface area contributed by atoms with E-state index in [4.69, 9.17) is 4.74 Å². The molecule has 1 aromatic carbocycles. The predicted molar refractivity (Wildman–Crippen MR) is 204 cm³/mol. The second-order valence-electron chi connectivity index (χ2n) is 16.1. The summed E-state index contributed by atoms with van der Waals surface area (Å²) in [7, 11) is 1.67. The van der Waals surface area contributed by atoms with Crippen LogP contribution >= 0.6 is 0 Å². The molecule has 2 saturated carbocycles. The average Bonchev–Trinajstić information content (AvgIpc) is 3.61. The van der Waals surface area contributed by atoms with E-state index in [9.17, 15) is 24.0 Å². The highest BCUT2D eigenvalue weighted by molar-refractivity contribution is 5.96. The second-order valence-corrected chi connectivity index (χ2v) is 16.1. The Labute approximate surface area is 316 Å². The molecule has 5 atom stereocenters. The van der Waals surface area contributed by atoms with E-state index < -0.39 is 24.2 Å². The summed E-state index contributed by atoms with van der Waals surface area (Å²) < 4.78 is 5.46. The number of likely N-dealkylation sites (N-methyl/N-ethyl adjacent to an activating group) is 2. The zero-order valence-electron chi connectivity index (χ0n) is 32.5. The predicted octanol–water partition coefficient (Wildman–Crippen LogP) is 4.27. The smallest absolute Gasteiger partial charge is 0.318 e. The highest BCUT2D eigenvalue weighted by Gasteiger charge is 2.42. The fourth-order valence-electron chi connectivity index (χ4n) is 9.03. The molecule has 0 bridgehead atoms. The van der Waals surface area contributed by atoms with Gasteiger partial charge in [-0.05, 0) is 80.8 Å². The monoisotopic (exact) mass is 736 g/mol. The number of hydrogen-bond acceptors (Lipinski definition) is 6. The van der Waals surface area contributed by atoms with Crippen LogP contribution < -0.4 is 21.3 Å². The number of nitrogens with one attached hydrogen (secondary N) is 4. The summed E-state index contributed by atoms with van der Waals surface area (Å²) in [6.45, 7) is 8.15. The van der Waals surface area contributed by atoms with Gasteiger partial charge in [-0.1, -0.05) is 76.6 Å². The number of benzene rings is 1. The maximum atomic E-state index is 14.7. The molecule has 1 unspecified atom stereocenters. The van der Waals surface area contributed by atoms with Crippen molar-refractivity contribution >= 4 is 29.7 Å². The molecule has 1 saturated heterocycles. The minimum Gasteiger partial charge on any atom is -0.378 e. The summed E-state index contributed by atoms with van der Waals surface area (Å²) >= 11 is 0. The second kappa shape index (κ2) is 19.6. The molecular formula is C41H64N6O6. The summed E-state index contributed by atoms with van der Waals surface area (Å²) in [5, 5.41) is 12.3. The van der Waals surface area contributed by atoms with Crippen LogP contribution in [-0.4, -0.2) is 104 Å². The number of ether oxygens (including phenoxy) is 1. The van der Waals surface area contributed by atoms with Crippen molar-refractivity contribution in [2.75, 3.05) is 39.9 Å². The van der Waals surface area contributed by atoms with Gasteiger partial charge in [0.15, 0.2) is 0 Å². The van der Waals surface area contributed by atoms with Gasteiger partial charge in [0.2, 0.25) is 23.6 Å². The molecule has 3 fully saturated rings. The molecule has 4 aliphatic rings. The fraction of sp³-hybridized carbons (Fsp3) is 0.732. The van der Waals surface area contributed by atoms with Crippen molar-refractivity contribution in [2.24, 2.45) is 17.8 Å². The van der Waals surface area contributed by atoms with Crippen molar-refractivity contribution in [2.45, 2.75) is 134 Å². The molecule has 6 amide bonds. The summed E-state index contributed by atoms with van der Waals surface area (Å²) in [5.74, 6) is -1.47. The van der Waals surface area contributed by atoms with Crippen LogP contribution in [0.5, 0.6) is 0 Å². The first-order chi connectivity index (χ1) is 25.6. The minimum atomic E-state index is -0.885. The first-order valence-electron chi connectivity index (χ1n) is 20.4. The molecule has 5 rings (SSSR count). The van der Waals surface area contributed by atoms with E-state index >= 15 is 0 Å². The number of amides is 6. The number of carbonyl (C=O) groups excluding carboxylic acids is 5. The molecule has 3 aliphatic carbocycles. The molecular weight excluding hydrogens is 672 g/mol. The molecule has 12 nitrogen and oxygen atoms in total. The number of rotatable bonds is 14. The number of fused-ring (bicyclic) bond motifs is 1. The van der Waals surface area contributed by atoms with Crippen molar-refractivity contribution in [3.63, 3.8) is 0 Å². The van der Waals surface area contributed by atoms with Gasteiger partial charge in [-0.3, -0.25) is 19.2 Å². The lowest BCUT2D eigenvalue weighted by atomic mass is 9.81. The van der Waals surface area contributed by atoms with Gasteiger partial charge in [-0.15, -0.1) is 0 Å². The Morgan fingerprint density at radius 3 is 1.98 bits per heavy atom. The Morgan fingerprint density at radius 2 is 1.36 bits per heavy atom. The first kappa shape index (κ1) is 40.5. The third kappa shape index (κ3) is 10.5. The number of carbonyl (C=O) groups is 5. The maximum Gasteiger partial charge on any atom is 0.318 e. The standard InChI is InChI=1S/C41H64N6O6/c1-5-42-37(48)33(26-27(2)3)46(4)40(51)35(30-17-10-7-11-18-30)44-38(49)34(29-15-8-6-9-16-29)43-39(50)36(45-41(52)47-22-24-53-25-23-47)32-21-20-28-14-12-13-19-31(28)32/h12-14,19,27,29-30,32-36H,5-11,15-18,20-26H2,1-4H3,(H,42,48)(H,43,50)(H,44,49)(H,45,52)/t32?,33-,34-,35-,36-/m1/s1. The van der Waals surface area contributed by atoms with Gasteiger partial charge in [-0.2, -0.15) is 0 Å². The van der Waals surface area contributed by atoms with E-state index in [1.807, 2.05) is 39.0 Å². The highest BCUT2D eigenvalue weighted by atomic mass is 16.5. The topological polar surface area (TPSA) is 149 Å². The summed E-state index contributed by atoms with van der Waals surface area (Å²) in [6.07, 6.45) is 11.2. The summed E-state index contributed by atoms with van der Waals surface area (Å²) in [5.41, 5.74) is 2.21. The Kier molecular flexibility index (Phi) is 15.0. The van der Waals surface area contributed by atoms with Gasteiger partial charge in [0.25, 0.3) is 0 Å². The lowest BCUT2D eigenvalue weighted by molar-refractivity contribution is -0.144. The molecule has 1 aromatic rings. The van der Waals surface area contributed by atoms with Crippen molar-refractivity contribution in [3.8, 4) is 0 Å². The number of aryl methyl sites for hydroxylation is 1. The molecule has 0 radical (unpaired) electrons. The number of morpholine rings is 1. The van der Waals surface area contributed by atoms with Crippen LogP contribution in [0.3, 0.4) is 0 Å². The molecule has 53 heavy (non-hydrogen) atoms. The molecule has 294 valence electrons. The van der Waals surface area contributed by atoms with E-state index in [1.165, 1.54) is 10.5 Å². The number of hydrogen-bond donors (Lipinski definition) is 4. The van der Waals surface area contributed by atoms with Crippen LogP contribution in [0.25, 0.3) is 0 Å². The molecule has 0 aromatic heterocycles. The van der Waals surface area contributed by atoms with Crippen LogP contribution in [-0.2, 0) is 30.3 Å². The Hall–Kier alpha value is -3.67. The number of nitrogens with zero attached hydrogens (tertiary/aromatic N) is 2. The molecule has 0 spiro atoms. The van der Waals surface area contributed by atoms with E-state index in [-0.39, 0.29) is 53.3 Å². The fourth-order valence-corrected chi connectivity index (χ4v) is 9.03. The SMILES string of the molecule is CCNC(=O)[C@@H](CC(C)C)N(C)C(=O)[C@H](NC(=O)[C@H](NC(=O)[C@H](NC(=O)N1CCOCC1)C1CCc2ccccc21)C1CCCCC1)C1CCCCC1. The van der Waals surface area contributed by atoms with E-state index in [0.717, 1.165) is 76.2 Å². The van der Waals surface area contributed by atoms with Crippen LogP contribution in [0.4, 0.5) is 4.79 Å². The van der Waals surface area contributed by atoms with Gasteiger partial charge >= 0.3 is 6.03 Å². The van der Waals surface area contributed by atoms with Gasteiger partial charge < -0.3 is 35.8 Å². The third-order valence-corrected chi connectivity index (χ3v) is 12.0. The van der Waals surface area contributed by atoms with Crippen molar-refractivity contribution < 1.29 is 28.7 Å². The van der Waals surface area contributed by atoms with Crippen molar-refractivity contribution in [1.29, 1.82) is 0 Å². The third-order valence-electron chi connectivity index (χ3n) is 12.0. The van der Waals surface area contributed by atoms with Gasteiger partial charge in [-0.25, -0.2) is 4.79 Å². The zero-order chi connectivity index (χ0) is 37.9. The van der Waals surface area contributed by atoms with E-state index in [2.05, 4.69) is 27.3 Å². The molecule has 1 heterocycles. The lowest BCUT2D eigenvalue weighted by Crippen LogP contribution is -2.62. The Balaban J connectivity index is 1.41. The maximum absolute atomic E-state index is 14.7. The highest BCUT2D eigenvalue weighted by Crippen LogP contribution is 2.36. The molecule has 12 heteroatoms. The molecule has 1 aliphatic heterocycles. The number of urea groups is 1. The van der Waals surface area contributed by atoms with Gasteiger partial charge in [0.05, 0.1) is 13.2 Å². The average molecular weight is 737 g/mol. The molecule has 4 N–H and O–H groups in total. The Morgan fingerprint density at radius 1 is 0.774 bits per heavy atom. The quantitative estimate of drug-likeness (QED) is 0.224. The van der Waals surface area contributed by atoms with E-state index in [1.54, 1.807) is 11.9 Å². The first-order valence-corrected chi connectivity index (χ1v) is 20.4. The van der Waals surface area contributed by atoms with Crippen LogP contribution in [0.15, 0.2) is 24.3 Å². The van der Waals surface area contributed by atoms with Gasteiger partial charge in [0.1, 0.15) is 24.2 Å². The van der Waals surface area contributed by atoms with Crippen LogP contribution in [0, 0.1) is 17.8 Å². The minimum absolute atomic E-state index is 0.0742.